The van der Waals surface area contributed by atoms with Gasteiger partial charge in [0.05, 0.1) is 14.2 Å². The molecule has 0 aromatic heterocycles. The van der Waals surface area contributed by atoms with E-state index in [2.05, 4.69) is 5.32 Å². The molecule has 0 saturated carbocycles. The summed E-state index contributed by atoms with van der Waals surface area (Å²) in [5.74, 6) is 1.35. The van der Waals surface area contributed by atoms with Crippen LogP contribution < -0.4 is 14.8 Å². The van der Waals surface area contributed by atoms with Crippen molar-refractivity contribution < 1.29 is 9.47 Å². The van der Waals surface area contributed by atoms with E-state index in [1.807, 2.05) is 13.1 Å². The molecule has 4 heteroatoms. The Bertz CT molecular complexity index is 315. The SMILES string of the molecule is CNCc1cc(OC)c(OC)cc1Cl. The zero-order valence-corrected chi connectivity index (χ0v) is 9.31. The number of hydrogen-bond donors (Lipinski definition) is 1. The summed E-state index contributed by atoms with van der Waals surface area (Å²) in [7, 11) is 5.06. The Kier molecular flexibility index (Phi) is 4.04. The van der Waals surface area contributed by atoms with Crippen LogP contribution in [0.3, 0.4) is 0 Å². The molecule has 0 fully saturated rings. The highest BCUT2D eigenvalue weighted by atomic mass is 35.5. The fourth-order valence-corrected chi connectivity index (χ4v) is 1.44. The average Bonchev–Trinajstić information content (AvgIpc) is 2.20. The highest BCUT2D eigenvalue weighted by molar-refractivity contribution is 6.31. The summed E-state index contributed by atoms with van der Waals surface area (Å²) in [6, 6.07) is 3.63. The lowest BCUT2D eigenvalue weighted by Gasteiger charge is -2.11. The summed E-state index contributed by atoms with van der Waals surface area (Å²) in [6.45, 7) is 0.708. The summed E-state index contributed by atoms with van der Waals surface area (Å²) in [5, 5.41) is 3.71. The van der Waals surface area contributed by atoms with E-state index in [0.29, 0.717) is 23.1 Å². The molecule has 3 nitrogen and oxygen atoms in total. The number of ether oxygens (including phenoxy) is 2. The number of hydrogen-bond acceptors (Lipinski definition) is 3. The zero-order valence-electron chi connectivity index (χ0n) is 8.56. The molecule has 0 aliphatic rings. The van der Waals surface area contributed by atoms with E-state index >= 15 is 0 Å². The van der Waals surface area contributed by atoms with E-state index in [9.17, 15) is 0 Å². The van der Waals surface area contributed by atoms with Gasteiger partial charge in [0.2, 0.25) is 0 Å². The van der Waals surface area contributed by atoms with Gasteiger partial charge >= 0.3 is 0 Å². The molecule has 0 unspecified atom stereocenters. The maximum atomic E-state index is 6.04. The molecule has 78 valence electrons. The highest BCUT2D eigenvalue weighted by Gasteiger charge is 2.08. The largest absolute Gasteiger partial charge is 0.493 e. The van der Waals surface area contributed by atoms with Gasteiger partial charge in [-0.2, -0.15) is 0 Å². The van der Waals surface area contributed by atoms with Gasteiger partial charge in [-0.15, -0.1) is 0 Å². The Morgan fingerprint density at radius 1 is 1.21 bits per heavy atom. The first-order valence-corrected chi connectivity index (χ1v) is 4.65. The minimum atomic E-state index is 0.650. The monoisotopic (exact) mass is 215 g/mol. The van der Waals surface area contributed by atoms with Crippen LogP contribution in [0.5, 0.6) is 11.5 Å². The number of nitrogens with one attached hydrogen (secondary N) is 1. The van der Waals surface area contributed by atoms with Crippen LogP contribution in [0, 0.1) is 0 Å². The summed E-state index contributed by atoms with van der Waals surface area (Å²) < 4.78 is 10.3. The summed E-state index contributed by atoms with van der Waals surface area (Å²) in [6.07, 6.45) is 0. The molecule has 0 bridgehead atoms. The Balaban J connectivity index is 3.09. The maximum Gasteiger partial charge on any atom is 0.162 e. The molecule has 1 N–H and O–H groups in total. The summed E-state index contributed by atoms with van der Waals surface area (Å²) in [4.78, 5) is 0. The van der Waals surface area contributed by atoms with Gasteiger partial charge in [-0.1, -0.05) is 11.6 Å². The normalized spacial score (nSPS) is 10.0. The molecular formula is C10H14ClNO2. The third kappa shape index (κ3) is 2.30. The molecule has 0 saturated heterocycles. The molecule has 0 heterocycles. The predicted octanol–water partition coefficient (Wildman–Crippen LogP) is 2.08. The summed E-state index contributed by atoms with van der Waals surface area (Å²) >= 11 is 6.04. The van der Waals surface area contributed by atoms with Crippen molar-refractivity contribution in [3.05, 3.63) is 22.7 Å². The van der Waals surface area contributed by atoms with Gasteiger partial charge in [-0.25, -0.2) is 0 Å². The van der Waals surface area contributed by atoms with Gasteiger partial charge in [0.15, 0.2) is 11.5 Å². The van der Waals surface area contributed by atoms with Gasteiger partial charge in [-0.05, 0) is 18.7 Å². The van der Waals surface area contributed by atoms with Crippen LogP contribution in [0.1, 0.15) is 5.56 Å². The van der Waals surface area contributed by atoms with Crippen molar-refractivity contribution in [2.24, 2.45) is 0 Å². The van der Waals surface area contributed by atoms with Crippen LogP contribution in [0.4, 0.5) is 0 Å². The fourth-order valence-electron chi connectivity index (χ4n) is 1.22. The lowest BCUT2D eigenvalue weighted by Crippen LogP contribution is -2.06. The molecule has 0 radical (unpaired) electrons. The molecule has 0 amide bonds. The first-order valence-electron chi connectivity index (χ1n) is 4.28. The van der Waals surface area contributed by atoms with E-state index < -0.39 is 0 Å². The van der Waals surface area contributed by atoms with Crippen LogP contribution >= 0.6 is 11.6 Å². The molecule has 1 aromatic rings. The van der Waals surface area contributed by atoms with E-state index in [1.165, 1.54) is 0 Å². The average molecular weight is 216 g/mol. The van der Waals surface area contributed by atoms with Gasteiger partial charge in [0, 0.05) is 17.6 Å². The zero-order chi connectivity index (χ0) is 10.6. The van der Waals surface area contributed by atoms with Gasteiger partial charge in [-0.3, -0.25) is 0 Å². The Hall–Kier alpha value is -0.930. The second-order valence-electron chi connectivity index (χ2n) is 2.83. The molecule has 1 aromatic carbocycles. The van der Waals surface area contributed by atoms with Crippen LogP contribution in [0.25, 0.3) is 0 Å². The van der Waals surface area contributed by atoms with E-state index in [0.717, 1.165) is 5.56 Å². The Morgan fingerprint density at radius 3 is 2.29 bits per heavy atom. The molecule has 1 rings (SSSR count). The topological polar surface area (TPSA) is 30.5 Å². The number of rotatable bonds is 4. The quantitative estimate of drug-likeness (QED) is 0.834. The third-order valence-corrected chi connectivity index (χ3v) is 2.27. The predicted molar refractivity (Wildman–Crippen MR) is 57.3 cm³/mol. The van der Waals surface area contributed by atoms with Crippen LogP contribution in [-0.2, 0) is 6.54 Å². The first-order chi connectivity index (χ1) is 6.72. The molecule has 0 aliphatic heterocycles. The summed E-state index contributed by atoms with van der Waals surface area (Å²) in [5.41, 5.74) is 0.992. The van der Waals surface area contributed by atoms with Gasteiger partial charge in [0.25, 0.3) is 0 Å². The third-order valence-electron chi connectivity index (χ3n) is 1.92. The second kappa shape index (κ2) is 5.08. The minimum absolute atomic E-state index is 0.650. The van der Waals surface area contributed by atoms with Crippen LogP contribution in [-0.4, -0.2) is 21.3 Å². The number of halogens is 1. The molecule has 0 spiro atoms. The lowest BCUT2D eigenvalue weighted by molar-refractivity contribution is 0.354. The van der Waals surface area contributed by atoms with E-state index in [4.69, 9.17) is 21.1 Å². The van der Waals surface area contributed by atoms with Crippen molar-refractivity contribution in [2.75, 3.05) is 21.3 Å². The van der Waals surface area contributed by atoms with Gasteiger partial charge < -0.3 is 14.8 Å². The van der Waals surface area contributed by atoms with E-state index in [1.54, 1.807) is 20.3 Å². The molecular weight excluding hydrogens is 202 g/mol. The molecule has 0 aliphatic carbocycles. The second-order valence-corrected chi connectivity index (χ2v) is 3.24. The molecule has 14 heavy (non-hydrogen) atoms. The Labute approximate surface area is 89.0 Å². The molecule has 0 atom stereocenters. The first kappa shape index (κ1) is 11.1. The van der Waals surface area contributed by atoms with Crippen LogP contribution in [0.15, 0.2) is 12.1 Å². The lowest BCUT2D eigenvalue weighted by atomic mass is 10.2. The Morgan fingerprint density at radius 2 is 1.79 bits per heavy atom. The van der Waals surface area contributed by atoms with Gasteiger partial charge in [0.1, 0.15) is 0 Å². The highest BCUT2D eigenvalue weighted by Crippen LogP contribution is 2.32. The smallest absolute Gasteiger partial charge is 0.162 e. The van der Waals surface area contributed by atoms with Crippen molar-refractivity contribution >= 4 is 11.6 Å². The number of benzene rings is 1. The van der Waals surface area contributed by atoms with Crippen molar-refractivity contribution in [3.8, 4) is 11.5 Å². The standard InChI is InChI=1S/C10H14ClNO2/c1-12-6-7-4-9(13-2)10(14-3)5-8(7)11/h4-5,12H,6H2,1-3H3. The van der Waals surface area contributed by atoms with E-state index in [-0.39, 0.29) is 0 Å². The maximum absolute atomic E-state index is 6.04. The number of methoxy groups -OCH3 is 2. The van der Waals surface area contributed by atoms with Crippen molar-refractivity contribution in [1.29, 1.82) is 0 Å². The minimum Gasteiger partial charge on any atom is -0.493 e. The van der Waals surface area contributed by atoms with Crippen molar-refractivity contribution in [2.45, 2.75) is 6.54 Å². The fraction of sp³-hybridized carbons (Fsp3) is 0.400. The van der Waals surface area contributed by atoms with Crippen LogP contribution in [0.2, 0.25) is 5.02 Å². The van der Waals surface area contributed by atoms with Crippen molar-refractivity contribution in [1.82, 2.24) is 5.32 Å². The van der Waals surface area contributed by atoms with Crippen molar-refractivity contribution in [3.63, 3.8) is 0 Å².